The molecular weight excluding hydrogens is 244 g/mol. The van der Waals surface area contributed by atoms with E-state index in [1.807, 2.05) is 0 Å². The van der Waals surface area contributed by atoms with Crippen LogP contribution >= 0.6 is 0 Å². The van der Waals surface area contributed by atoms with Crippen molar-refractivity contribution >= 4 is 0 Å². The van der Waals surface area contributed by atoms with Gasteiger partial charge in [0.25, 0.3) is 0 Å². The van der Waals surface area contributed by atoms with Gasteiger partial charge in [-0.05, 0) is 56.8 Å². The van der Waals surface area contributed by atoms with Crippen molar-refractivity contribution in [2.45, 2.75) is 45.6 Å². The maximum atomic E-state index is 3.54. The Bertz CT molecular complexity index is 357. The Morgan fingerprint density at radius 1 is 1.25 bits per heavy atom. The minimum Gasteiger partial charge on any atom is -0.316 e. The van der Waals surface area contributed by atoms with Gasteiger partial charge in [0.05, 0.1) is 0 Å². The molecule has 2 heteroatoms. The first-order chi connectivity index (χ1) is 9.83. The minimum absolute atomic E-state index is 0.685. The molecule has 0 aromatic heterocycles. The molecule has 0 saturated carbocycles. The number of nitrogens with zero attached hydrogens (tertiary/aromatic N) is 1. The van der Waals surface area contributed by atoms with Crippen LogP contribution in [0.4, 0.5) is 0 Å². The van der Waals surface area contributed by atoms with Gasteiger partial charge in [-0.15, -0.1) is 0 Å². The van der Waals surface area contributed by atoms with Crippen molar-refractivity contribution in [3.05, 3.63) is 35.9 Å². The summed E-state index contributed by atoms with van der Waals surface area (Å²) in [4.78, 5) is 2.70. The molecule has 2 unspecified atom stereocenters. The number of hydrogen-bond acceptors (Lipinski definition) is 2. The molecule has 20 heavy (non-hydrogen) atoms. The lowest BCUT2D eigenvalue weighted by atomic mass is 9.96. The molecule has 0 aliphatic carbocycles. The van der Waals surface area contributed by atoms with Gasteiger partial charge < -0.3 is 10.2 Å². The van der Waals surface area contributed by atoms with Crippen LogP contribution < -0.4 is 5.32 Å². The van der Waals surface area contributed by atoms with E-state index >= 15 is 0 Å². The normalized spacial score (nSPS) is 21.1. The molecule has 1 aromatic carbocycles. The van der Waals surface area contributed by atoms with Crippen LogP contribution in [0.3, 0.4) is 0 Å². The average molecular weight is 274 g/mol. The average Bonchev–Trinajstić information content (AvgIpc) is 2.52. The number of nitrogens with one attached hydrogen (secondary N) is 1. The zero-order valence-electron chi connectivity index (χ0n) is 13.1. The first-order valence-electron chi connectivity index (χ1n) is 8.32. The van der Waals surface area contributed by atoms with Crippen molar-refractivity contribution in [1.29, 1.82) is 0 Å². The second kappa shape index (κ2) is 8.43. The van der Waals surface area contributed by atoms with E-state index in [9.17, 15) is 0 Å². The van der Waals surface area contributed by atoms with E-state index in [1.54, 1.807) is 0 Å². The monoisotopic (exact) mass is 274 g/mol. The molecule has 1 saturated heterocycles. The Morgan fingerprint density at radius 2 is 2.05 bits per heavy atom. The van der Waals surface area contributed by atoms with Crippen molar-refractivity contribution < 1.29 is 0 Å². The number of hydrogen-bond donors (Lipinski definition) is 1. The summed E-state index contributed by atoms with van der Waals surface area (Å²) in [6.07, 6.45) is 5.16. The molecule has 2 atom stereocenters. The quantitative estimate of drug-likeness (QED) is 0.820. The lowest BCUT2D eigenvalue weighted by Gasteiger charge is -2.35. The molecule has 2 nitrogen and oxygen atoms in total. The standard InChI is InChI=1S/C18H30N2/c1-3-18(13-16-9-6-5-7-10-16)20(4-2)15-17-11-8-12-19-14-17/h5-7,9-10,17-19H,3-4,8,11-15H2,1-2H3. The largest absolute Gasteiger partial charge is 0.316 e. The number of rotatable bonds is 7. The van der Waals surface area contributed by atoms with Gasteiger partial charge in [-0.2, -0.15) is 0 Å². The predicted octanol–water partition coefficient (Wildman–Crippen LogP) is 3.33. The van der Waals surface area contributed by atoms with E-state index in [0.717, 1.165) is 5.92 Å². The Kier molecular flexibility index (Phi) is 6.55. The molecule has 2 rings (SSSR count). The number of benzene rings is 1. The van der Waals surface area contributed by atoms with Crippen LogP contribution in [0, 0.1) is 5.92 Å². The summed E-state index contributed by atoms with van der Waals surface area (Å²) in [5.74, 6) is 0.841. The molecule has 1 aromatic rings. The van der Waals surface area contributed by atoms with E-state index in [-0.39, 0.29) is 0 Å². The van der Waals surface area contributed by atoms with Gasteiger partial charge in [0.15, 0.2) is 0 Å². The summed E-state index contributed by atoms with van der Waals surface area (Å²) in [6.45, 7) is 9.48. The Morgan fingerprint density at radius 3 is 2.65 bits per heavy atom. The third-order valence-electron chi connectivity index (χ3n) is 4.60. The van der Waals surface area contributed by atoms with E-state index in [2.05, 4.69) is 54.4 Å². The third-order valence-corrected chi connectivity index (χ3v) is 4.60. The van der Waals surface area contributed by atoms with Crippen LogP contribution in [0.5, 0.6) is 0 Å². The molecule has 0 spiro atoms. The van der Waals surface area contributed by atoms with Crippen LogP contribution in [-0.2, 0) is 6.42 Å². The molecule has 1 aliphatic rings. The first kappa shape index (κ1) is 15.5. The summed E-state index contributed by atoms with van der Waals surface area (Å²) >= 11 is 0. The van der Waals surface area contributed by atoms with Gasteiger partial charge in [-0.1, -0.05) is 44.2 Å². The maximum Gasteiger partial charge on any atom is 0.0133 e. The molecule has 0 radical (unpaired) electrons. The molecule has 1 fully saturated rings. The van der Waals surface area contributed by atoms with Crippen LogP contribution in [0.1, 0.15) is 38.7 Å². The molecule has 1 aliphatic heterocycles. The summed E-state index contributed by atoms with van der Waals surface area (Å²) in [5, 5.41) is 3.54. The summed E-state index contributed by atoms with van der Waals surface area (Å²) in [5.41, 5.74) is 1.47. The zero-order chi connectivity index (χ0) is 14.2. The highest BCUT2D eigenvalue weighted by Gasteiger charge is 2.21. The number of piperidine rings is 1. The lowest BCUT2D eigenvalue weighted by Crippen LogP contribution is -2.43. The highest BCUT2D eigenvalue weighted by atomic mass is 15.2. The van der Waals surface area contributed by atoms with Gasteiger partial charge >= 0.3 is 0 Å². The summed E-state index contributed by atoms with van der Waals surface area (Å²) in [7, 11) is 0. The van der Waals surface area contributed by atoms with E-state index in [4.69, 9.17) is 0 Å². The third kappa shape index (κ3) is 4.60. The smallest absolute Gasteiger partial charge is 0.0133 e. The van der Waals surface area contributed by atoms with Crippen molar-refractivity contribution in [3.8, 4) is 0 Å². The number of likely N-dealkylation sites (N-methyl/N-ethyl adjacent to an activating group) is 1. The van der Waals surface area contributed by atoms with Gasteiger partial charge in [-0.3, -0.25) is 0 Å². The molecular formula is C18H30N2. The highest BCUT2D eigenvalue weighted by Crippen LogP contribution is 2.17. The second-order valence-electron chi connectivity index (χ2n) is 6.05. The van der Waals surface area contributed by atoms with E-state index < -0.39 is 0 Å². The van der Waals surface area contributed by atoms with Crippen molar-refractivity contribution in [2.24, 2.45) is 5.92 Å². The lowest BCUT2D eigenvalue weighted by molar-refractivity contribution is 0.156. The predicted molar refractivity (Wildman–Crippen MR) is 87.1 cm³/mol. The summed E-state index contributed by atoms with van der Waals surface area (Å²) in [6, 6.07) is 11.6. The van der Waals surface area contributed by atoms with Crippen LogP contribution in [0.25, 0.3) is 0 Å². The van der Waals surface area contributed by atoms with Crippen LogP contribution in [0.15, 0.2) is 30.3 Å². The van der Waals surface area contributed by atoms with Gasteiger partial charge in [0.2, 0.25) is 0 Å². The van der Waals surface area contributed by atoms with Crippen molar-refractivity contribution in [3.63, 3.8) is 0 Å². The molecule has 0 bridgehead atoms. The molecule has 112 valence electrons. The fraction of sp³-hybridized carbons (Fsp3) is 0.667. The molecule has 1 heterocycles. The Balaban J connectivity index is 1.92. The van der Waals surface area contributed by atoms with E-state index in [0.29, 0.717) is 6.04 Å². The maximum absolute atomic E-state index is 3.54. The second-order valence-corrected chi connectivity index (χ2v) is 6.05. The van der Waals surface area contributed by atoms with Gasteiger partial charge in [0.1, 0.15) is 0 Å². The Hall–Kier alpha value is -0.860. The van der Waals surface area contributed by atoms with Crippen molar-refractivity contribution in [1.82, 2.24) is 10.2 Å². The minimum atomic E-state index is 0.685. The molecule has 0 amide bonds. The van der Waals surface area contributed by atoms with Gasteiger partial charge in [-0.25, -0.2) is 0 Å². The van der Waals surface area contributed by atoms with Crippen LogP contribution in [0.2, 0.25) is 0 Å². The topological polar surface area (TPSA) is 15.3 Å². The molecule has 1 N–H and O–H groups in total. The zero-order valence-corrected chi connectivity index (χ0v) is 13.1. The highest BCUT2D eigenvalue weighted by molar-refractivity contribution is 5.15. The van der Waals surface area contributed by atoms with Gasteiger partial charge in [0, 0.05) is 12.6 Å². The van der Waals surface area contributed by atoms with Crippen molar-refractivity contribution in [2.75, 3.05) is 26.2 Å². The van der Waals surface area contributed by atoms with Crippen LogP contribution in [-0.4, -0.2) is 37.1 Å². The summed E-state index contributed by atoms with van der Waals surface area (Å²) < 4.78 is 0. The SMILES string of the molecule is CCC(Cc1ccccc1)N(CC)CC1CCCNC1. The van der Waals surface area contributed by atoms with E-state index in [1.165, 1.54) is 57.4 Å². The Labute approximate surface area is 124 Å². The first-order valence-corrected chi connectivity index (χ1v) is 8.32. The fourth-order valence-electron chi connectivity index (χ4n) is 3.37. The fourth-order valence-corrected chi connectivity index (χ4v) is 3.37.